The highest BCUT2D eigenvalue weighted by Crippen LogP contribution is 2.10. The van der Waals surface area contributed by atoms with Crippen molar-refractivity contribution in [2.75, 3.05) is 5.33 Å². The van der Waals surface area contributed by atoms with Gasteiger partial charge in [0.2, 0.25) is 0 Å². The van der Waals surface area contributed by atoms with E-state index in [-0.39, 0.29) is 11.3 Å². The summed E-state index contributed by atoms with van der Waals surface area (Å²) >= 11 is 2.99. The molecule has 0 saturated heterocycles. The molecule has 0 rings (SSSR count). The molecule has 58 valence electrons. The van der Waals surface area contributed by atoms with Crippen molar-refractivity contribution in [3.8, 4) is 0 Å². The van der Waals surface area contributed by atoms with Crippen LogP contribution >= 0.6 is 15.9 Å². The highest BCUT2D eigenvalue weighted by Gasteiger charge is 2.16. The second kappa shape index (κ2) is 3.76. The highest BCUT2D eigenvalue weighted by atomic mass is 79.9. The zero-order valence-electron chi connectivity index (χ0n) is 6.19. The van der Waals surface area contributed by atoms with Gasteiger partial charge < -0.3 is 4.74 Å². The Kier molecular flexibility index (Phi) is 3.64. The van der Waals surface area contributed by atoms with Crippen LogP contribution in [0.15, 0.2) is 12.7 Å². The second-order valence-electron chi connectivity index (χ2n) is 2.42. The largest absolute Gasteiger partial charge is 0.455 e. The molecule has 0 heterocycles. The van der Waals surface area contributed by atoms with Crippen molar-refractivity contribution in [2.45, 2.75) is 19.4 Å². The lowest BCUT2D eigenvalue weighted by molar-refractivity contribution is -0.148. The minimum Gasteiger partial charge on any atom is -0.455 e. The number of carbonyl (C=O) groups is 1. The summed E-state index contributed by atoms with van der Waals surface area (Å²) in [6.07, 6.45) is 1.59. The Bertz CT molecular complexity index is 141. The maximum atomic E-state index is 10.7. The molecule has 0 aliphatic rings. The lowest BCUT2D eigenvalue weighted by Gasteiger charge is -2.19. The number of hydrogen-bond acceptors (Lipinski definition) is 2. The molecule has 0 saturated carbocycles. The van der Waals surface area contributed by atoms with Crippen LogP contribution in [-0.2, 0) is 9.53 Å². The molecule has 0 aromatic rings. The maximum Gasteiger partial charge on any atom is 0.317 e. The number of ether oxygens (including phenoxy) is 1. The van der Waals surface area contributed by atoms with E-state index in [9.17, 15) is 4.79 Å². The van der Waals surface area contributed by atoms with E-state index in [1.54, 1.807) is 19.9 Å². The van der Waals surface area contributed by atoms with Crippen LogP contribution in [0.1, 0.15) is 13.8 Å². The first-order chi connectivity index (χ1) is 4.52. The van der Waals surface area contributed by atoms with Crippen molar-refractivity contribution in [1.29, 1.82) is 0 Å². The molecule has 0 fully saturated rings. The smallest absolute Gasteiger partial charge is 0.317 e. The predicted molar refractivity (Wildman–Crippen MR) is 44.2 cm³/mol. The molecule has 0 N–H and O–H groups in total. The third kappa shape index (κ3) is 3.67. The molecule has 0 radical (unpaired) electrons. The summed E-state index contributed by atoms with van der Waals surface area (Å²) in [5, 5.41) is 0.226. The number of halogens is 1. The van der Waals surface area contributed by atoms with Crippen molar-refractivity contribution in [3.63, 3.8) is 0 Å². The standard InChI is InChI=1S/C7H11BrO2/c1-4-7(2,3)10-6(9)5-8/h4H,1,5H2,2-3H3. The molecule has 0 aromatic carbocycles. The summed E-state index contributed by atoms with van der Waals surface area (Å²) in [4.78, 5) is 10.7. The normalized spacial score (nSPS) is 10.7. The van der Waals surface area contributed by atoms with E-state index < -0.39 is 5.60 Å². The number of carbonyl (C=O) groups excluding carboxylic acids is 1. The minimum atomic E-state index is -0.551. The van der Waals surface area contributed by atoms with Crippen LogP contribution in [0.2, 0.25) is 0 Å². The number of hydrogen-bond donors (Lipinski definition) is 0. The maximum absolute atomic E-state index is 10.7. The van der Waals surface area contributed by atoms with Crippen molar-refractivity contribution < 1.29 is 9.53 Å². The third-order valence-corrected chi connectivity index (χ3v) is 1.44. The van der Waals surface area contributed by atoms with Crippen LogP contribution in [0, 0.1) is 0 Å². The number of alkyl halides is 1. The van der Waals surface area contributed by atoms with Gasteiger partial charge in [-0.3, -0.25) is 4.79 Å². The van der Waals surface area contributed by atoms with Crippen LogP contribution in [0.4, 0.5) is 0 Å². The third-order valence-electron chi connectivity index (χ3n) is 0.978. The Balaban J connectivity index is 3.88. The minimum absolute atomic E-state index is 0.226. The van der Waals surface area contributed by atoms with Crippen molar-refractivity contribution in [3.05, 3.63) is 12.7 Å². The van der Waals surface area contributed by atoms with Crippen LogP contribution in [0.25, 0.3) is 0 Å². The Morgan fingerprint density at radius 2 is 2.30 bits per heavy atom. The van der Waals surface area contributed by atoms with Gasteiger partial charge in [0.15, 0.2) is 0 Å². The van der Waals surface area contributed by atoms with Gasteiger partial charge in [0.25, 0.3) is 0 Å². The van der Waals surface area contributed by atoms with Gasteiger partial charge in [-0.2, -0.15) is 0 Å². The first-order valence-electron chi connectivity index (χ1n) is 2.93. The molecule has 0 unspecified atom stereocenters. The first kappa shape index (κ1) is 9.69. The fraction of sp³-hybridized carbons (Fsp3) is 0.571. The van der Waals surface area contributed by atoms with Crippen LogP contribution in [-0.4, -0.2) is 16.9 Å². The fourth-order valence-corrected chi connectivity index (χ4v) is 0.477. The van der Waals surface area contributed by atoms with Crippen molar-refractivity contribution >= 4 is 21.9 Å². The van der Waals surface area contributed by atoms with Gasteiger partial charge in [-0.15, -0.1) is 0 Å². The first-order valence-corrected chi connectivity index (χ1v) is 4.05. The van der Waals surface area contributed by atoms with Crippen LogP contribution in [0.5, 0.6) is 0 Å². The molecule has 3 heteroatoms. The Morgan fingerprint density at radius 3 is 2.60 bits per heavy atom. The zero-order valence-corrected chi connectivity index (χ0v) is 7.77. The summed E-state index contributed by atoms with van der Waals surface area (Å²) in [5.74, 6) is -0.273. The summed E-state index contributed by atoms with van der Waals surface area (Å²) in [6, 6.07) is 0. The Morgan fingerprint density at radius 1 is 1.80 bits per heavy atom. The zero-order chi connectivity index (χ0) is 8.20. The van der Waals surface area contributed by atoms with E-state index in [4.69, 9.17) is 4.74 Å². The van der Waals surface area contributed by atoms with Gasteiger partial charge in [0.05, 0.1) is 0 Å². The van der Waals surface area contributed by atoms with Gasteiger partial charge in [0.1, 0.15) is 10.9 Å². The highest BCUT2D eigenvalue weighted by molar-refractivity contribution is 9.09. The topological polar surface area (TPSA) is 26.3 Å². The molecule has 2 nitrogen and oxygen atoms in total. The van der Waals surface area contributed by atoms with Crippen molar-refractivity contribution in [1.82, 2.24) is 0 Å². The van der Waals surface area contributed by atoms with Crippen molar-refractivity contribution in [2.24, 2.45) is 0 Å². The summed E-state index contributed by atoms with van der Waals surface area (Å²) in [7, 11) is 0. The van der Waals surface area contributed by atoms with Gasteiger partial charge in [-0.1, -0.05) is 22.5 Å². The van der Waals surface area contributed by atoms with Gasteiger partial charge in [-0.05, 0) is 19.9 Å². The van der Waals surface area contributed by atoms with Gasteiger partial charge in [-0.25, -0.2) is 0 Å². The summed E-state index contributed by atoms with van der Waals surface area (Å²) in [6.45, 7) is 7.08. The van der Waals surface area contributed by atoms with E-state index in [1.807, 2.05) is 0 Å². The number of rotatable bonds is 3. The quantitative estimate of drug-likeness (QED) is 0.401. The van der Waals surface area contributed by atoms with Gasteiger partial charge >= 0.3 is 5.97 Å². The van der Waals surface area contributed by atoms with E-state index in [0.29, 0.717) is 0 Å². The molecule has 10 heavy (non-hydrogen) atoms. The molecule has 0 atom stereocenters. The lowest BCUT2D eigenvalue weighted by Crippen LogP contribution is -2.25. The SMILES string of the molecule is C=CC(C)(C)OC(=O)CBr. The molecule has 0 aromatic heterocycles. The molecule has 0 aliphatic heterocycles. The molecule has 0 bridgehead atoms. The average molecular weight is 207 g/mol. The van der Waals surface area contributed by atoms with Crippen LogP contribution in [0.3, 0.4) is 0 Å². The fourth-order valence-electron chi connectivity index (χ4n) is 0.362. The lowest BCUT2D eigenvalue weighted by atomic mass is 10.1. The monoisotopic (exact) mass is 206 g/mol. The molecular weight excluding hydrogens is 196 g/mol. The number of esters is 1. The Labute approximate surface area is 69.4 Å². The summed E-state index contributed by atoms with van der Waals surface area (Å²) in [5.41, 5.74) is -0.551. The van der Waals surface area contributed by atoms with Crippen LogP contribution < -0.4 is 0 Å². The molecule has 0 amide bonds. The predicted octanol–water partition coefficient (Wildman–Crippen LogP) is 1.89. The summed E-state index contributed by atoms with van der Waals surface area (Å²) < 4.78 is 4.93. The molecule has 0 aliphatic carbocycles. The van der Waals surface area contributed by atoms with E-state index in [1.165, 1.54) is 0 Å². The van der Waals surface area contributed by atoms with E-state index in [0.717, 1.165) is 0 Å². The average Bonchev–Trinajstić information content (AvgIpc) is 1.87. The second-order valence-corrected chi connectivity index (χ2v) is 2.98. The molecular formula is C7H11BrO2. The molecule has 0 spiro atoms. The van der Waals surface area contributed by atoms with E-state index in [2.05, 4.69) is 22.5 Å². The van der Waals surface area contributed by atoms with Gasteiger partial charge in [0, 0.05) is 0 Å². The Hall–Kier alpha value is -0.310. The van der Waals surface area contributed by atoms with E-state index >= 15 is 0 Å².